The van der Waals surface area contributed by atoms with Crippen molar-refractivity contribution < 1.29 is 28.7 Å². The number of hydrogen-bond acceptors (Lipinski definition) is 8. The SMILES string of the molecule is CC(=O)OCC(=O)N1CCN(CC(C)(C)C)CC1.CC(=O)OCC(=O)N1CCN(CCC(C)(C)C)CC1. The van der Waals surface area contributed by atoms with Crippen LogP contribution in [0.5, 0.6) is 0 Å². The third kappa shape index (κ3) is 15.6. The standard InChI is InChI=1S/C14H26N2O3.C13H24N2O3/c1-12(17)19-11-13(18)16-9-7-15(8-10-16)6-5-14(2,3)4;1-11(16)18-9-12(17)15-7-5-14(6-8-15)10-13(2,3)4/h5-11H2,1-4H3;5-10H2,1-4H3. The van der Waals surface area contributed by atoms with E-state index in [0.717, 1.165) is 71.9 Å². The second-order valence-corrected chi connectivity index (χ2v) is 12.3. The molecule has 0 aliphatic carbocycles. The van der Waals surface area contributed by atoms with E-state index in [-0.39, 0.29) is 30.4 Å². The molecular weight excluding hydrogens is 476 g/mol. The molecule has 2 fully saturated rings. The minimum Gasteiger partial charge on any atom is -0.456 e. The van der Waals surface area contributed by atoms with Crippen molar-refractivity contribution in [3.63, 3.8) is 0 Å². The Hall–Kier alpha value is -2.20. The Labute approximate surface area is 223 Å². The predicted octanol–water partition coefficient (Wildman–Crippen LogP) is 1.87. The number of ether oxygens (including phenoxy) is 2. The molecule has 0 spiro atoms. The molecule has 0 saturated carbocycles. The van der Waals surface area contributed by atoms with E-state index in [1.54, 1.807) is 9.80 Å². The van der Waals surface area contributed by atoms with Gasteiger partial charge < -0.3 is 19.3 Å². The minimum atomic E-state index is -0.408. The van der Waals surface area contributed by atoms with Crippen LogP contribution in [0.1, 0.15) is 61.8 Å². The fraction of sp³-hybridized carbons (Fsp3) is 0.852. The minimum absolute atomic E-state index is 0.0920. The van der Waals surface area contributed by atoms with Crippen LogP contribution >= 0.6 is 0 Å². The molecule has 0 radical (unpaired) electrons. The maximum absolute atomic E-state index is 11.8. The molecule has 0 bridgehead atoms. The zero-order valence-electron chi connectivity index (χ0n) is 24.4. The topological polar surface area (TPSA) is 99.7 Å². The van der Waals surface area contributed by atoms with Gasteiger partial charge in [-0.05, 0) is 23.8 Å². The lowest BCUT2D eigenvalue weighted by Crippen LogP contribution is -2.51. The van der Waals surface area contributed by atoms with E-state index in [1.165, 1.54) is 13.8 Å². The largest absolute Gasteiger partial charge is 0.456 e. The van der Waals surface area contributed by atoms with Crippen LogP contribution in [0, 0.1) is 10.8 Å². The van der Waals surface area contributed by atoms with Crippen LogP contribution < -0.4 is 0 Å². The first kappa shape index (κ1) is 32.8. The average molecular weight is 527 g/mol. The van der Waals surface area contributed by atoms with Gasteiger partial charge in [-0.2, -0.15) is 0 Å². The summed E-state index contributed by atoms with van der Waals surface area (Å²) < 4.78 is 9.45. The van der Waals surface area contributed by atoms with E-state index in [4.69, 9.17) is 9.47 Å². The number of esters is 2. The molecule has 0 aromatic carbocycles. The summed E-state index contributed by atoms with van der Waals surface area (Å²) in [6.45, 7) is 24.3. The molecule has 2 aliphatic rings. The van der Waals surface area contributed by atoms with Crippen molar-refractivity contribution in [2.24, 2.45) is 10.8 Å². The maximum atomic E-state index is 11.8. The molecule has 37 heavy (non-hydrogen) atoms. The summed E-state index contributed by atoms with van der Waals surface area (Å²) in [4.78, 5) is 53.1. The third-order valence-electron chi connectivity index (χ3n) is 6.12. The number of carbonyl (C=O) groups is 4. The first-order chi connectivity index (χ1) is 17.1. The summed E-state index contributed by atoms with van der Waals surface area (Å²) in [6, 6.07) is 0. The molecule has 2 aliphatic heterocycles. The van der Waals surface area contributed by atoms with Gasteiger partial charge in [0.15, 0.2) is 13.2 Å². The van der Waals surface area contributed by atoms with Gasteiger partial charge >= 0.3 is 11.9 Å². The van der Waals surface area contributed by atoms with Crippen LogP contribution in [-0.4, -0.2) is 122 Å². The number of hydrogen-bond donors (Lipinski definition) is 0. The van der Waals surface area contributed by atoms with Crippen molar-refractivity contribution in [3.05, 3.63) is 0 Å². The monoisotopic (exact) mass is 526 g/mol. The van der Waals surface area contributed by atoms with Crippen LogP contribution in [-0.2, 0) is 28.7 Å². The van der Waals surface area contributed by atoms with Crippen LogP contribution in [0.25, 0.3) is 0 Å². The highest BCUT2D eigenvalue weighted by molar-refractivity contribution is 5.80. The van der Waals surface area contributed by atoms with Crippen molar-refractivity contribution in [2.75, 3.05) is 78.7 Å². The molecule has 10 nitrogen and oxygen atoms in total. The zero-order valence-corrected chi connectivity index (χ0v) is 24.4. The van der Waals surface area contributed by atoms with Crippen molar-refractivity contribution >= 4 is 23.8 Å². The summed E-state index contributed by atoms with van der Waals surface area (Å²) >= 11 is 0. The fourth-order valence-electron chi connectivity index (χ4n) is 4.05. The highest BCUT2D eigenvalue weighted by Gasteiger charge is 2.25. The number of nitrogens with zero attached hydrogens (tertiary/aromatic N) is 4. The average Bonchev–Trinajstić information content (AvgIpc) is 2.79. The van der Waals surface area contributed by atoms with E-state index in [9.17, 15) is 19.2 Å². The molecule has 0 unspecified atom stereocenters. The van der Waals surface area contributed by atoms with E-state index in [1.807, 2.05) is 0 Å². The second kappa shape index (κ2) is 15.3. The van der Waals surface area contributed by atoms with Crippen molar-refractivity contribution in [3.8, 4) is 0 Å². The fourth-order valence-corrected chi connectivity index (χ4v) is 4.05. The Kier molecular flexibility index (Phi) is 13.5. The highest BCUT2D eigenvalue weighted by atomic mass is 16.5. The van der Waals surface area contributed by atoms with Crippen LogP contribution in [0.2, 0.25) is 0 Å². The summed E-state index contributed by atoms with van der Waals surface area (Å²) in [5.41, 5.74) is 0.631. The molecule has 10 heteroatoms. The number of amides is 2. The lowest BCUT2D eigenvalue weighted by atomic mass is 9.92. The Morgan fingerprint density at radius 1 is 0.595 bits per heavy atom. The Morgan fingerprint density at radius 3 is 1.30 bits per heavy atom. The first-order valence-corrected chi connectivity index (χ1v) is 13.3. The van der Waals surface area contributed by atoms with Crippen LogP contribution in [0.15, 0.2) is 0 Å². The van der Waals surface area contributed by atoms with Gasteiger partial charge in [0.1, 0.15) is 0 Å². The Morgan fingerprint density at radius 2 is 0.973 bits per heavy atom. The maximum Gasteiger partial charge on any atom is 0.303 e. The highest BCUT2D eigenvalue weighted by Crippen LogP contribution is 2.19. The molecule has 2 saturated heterocycles. The Bertz CT molecular complexity index is 743. The molecule has 2 amide bonds. The third-order valence-corrected chi connectivity index (χ3v) is 6.12. The molecular formula is C27H50N4O6. The molecule has 0 atom stereocenters. The molecule has 2 rings (SSSR count). The number of piperazine rings is 2. The Balaban J connectivity index is 0.000000371. The lowest BCUT2D eigenvalue weighted by molar-refractivity contribution is -0.151. The van der Waals surface area contributed by atoms with Gasteiger partial charge in [-0.15, -0.1) is 0 Å². The van der Waals surface area contributed by atoms with E-state index >= 15 is 0 Å². The van der Waals surface area contributed by atoms with Crippen LogP contribution in [0.3, 0.4) is 0 Å². The molecule has 0 aromatic heterocycles. The molecule has 0 N–H and O–H groups in total. The number of rotatable bonds is 7. The van der Waals surface area contributed by atoms with Gasteiger partial charge in [0, 0.05) is 72.8 Å². The smallest absolute Gasteiger partial charge is 0.303 e. The molecule has 2 heterocycles. The van der Waals surface area contributed by atoms with Gasteiger partial charge in [-0.1, -0.05) is 41.5 Å². The van der Waals surface area contributed by atoms with Gasteiger partial charge in [-0.3, -0.25) is 29.0 Å². The second-order valence-electron chi connectivity index (χ2n) is 12.3. The van der Waals surface area contributed by atoms with E-state index < -0.39 is 11.9 Å². The quantitative estimate of drug-likeness (QED) is 0.464. The van der Waals surface area contributed by atoms with Gasteiger partial charge in [0.2, 0.25) is 0 Å². The molecule has 0 aromatic rings. The van der Waals surface area contributed by atoms with Gasteiger partial charge in [-0.25, -0.2) is 0 Å². The lowest BCUT2D eigenvalue weighted by Gasteiger charge is -2.37. The summed E-state index contributed by atoms with van der Waals surface area (Å²) in [5.74, 6) is -1.00. The van der Waals surface area contributed by atoms with Crippen molar-refractivity contribution in [1.82, 2.24) is 19.6 Å². The first-order valence-electron chi connectivity index (χ1n) is 13.3. The van der Waals surface area contributed by atoms with Crippen molar-refractivity contribution in [2.45, 2.75) is 61.8 Å². The van der Waals surface area contributed by atoms with Gasteiger partial charge in [0.25, 0.3) is 11.8 Å². The predicted molar refractivity (Wildman–Crippen MR) is 143 cm³/mol. The van der Waals surface area contributed by atoms with E-state index in [0.29, 0.717) is 5.41 Å². The summed E-state index contributed by atoms with van der Waals surface area (Å²) in [5, 5.41) is 0. The van der Waals surface area contributed by atoms with E-state index in [2.05, 4.69) is 51.3 Å². The number of carbonyl (C=O) groups excluding carboxylic acids is 4. The summed E-state index contributed by atoms with van der Waals surface area (Å²) in [7, 11) is 0. The van der Waals surface area contributed by atoms with Crippen LogP contribution in [0.4, 0.5) is 0 Å². The normalized spacial score (nSPS) is 17.5. The van der Waals surface area contributed by atoms with Crippen molar-refractivity contribution in [1.29, 1.82) is 0 Å². The zero-order chi connectivity index (χ0) is 28.2. The summed E-state index contributed by atoms with van der Waals surface area (Å²) in [6.07, 6.45) is 1.16. The molecule has 214 valence electrons. The van der Waals surface area contributed by atoms with Gasteiger partial charge in [0.05, 0.1) is 0 Å².